The number of nitro groups is 2. The molecule has 0 radical (unpaired) electrons. The lowest BCUT2D eigenvalue weighted by molar-refractivity contribution is -0.394. The lowest BCUT2D eigenvalue weighted by atomic mass is 10.1. The molecule has 2 amide bonds. The number of hydrogen-bond acceptors (Lipinski definition) is 7. The molecular weight excluding hydrogens is 474 g/mol. The van der Waals surface area contributed by atoms with Crippen molar-refractivity contribution in [2.24, 2.45) is 0 Å². The Morgan fingerprint density at radius 1 is 0.886 bits per heavy atom. The van der Waals surface area contributed by atoms with Gasteiger partial charge in [0, 0.05) is 37.0 Å². The van der Waals surface area contributed by atoms with Gasteiger partial charge in [-0.2, -0.15) is 0 Å². The first-order valence-electron chi connectivity index (χ1n) is 10.1. The number of hydrogen-bond donors (Lipinski definition) is 2. The molecule has 0 aliphatic heterocycles. The highest BCUT2D eigenvalue weighted by molar-refractivity contribution is 7.80. The van der Waals surface area contributed by atoms with Crippen molar-refractivity contribution < 1.29 is 19.4 Å². The van der Waals surface area contributed by atoms with Crippen molar-refractivity contribution in [2.45, 2.75) is 6.54 Å². The van der Waals surface area contributed by atoms with Crippen LogP contribution in [0.2, 0.25) is 0 Å². The van der Waals surface area contributed by atoms with E-state index in [9.17, 15) is 29.8 Å². The van der Waals surface area contributed by atoms with Gasteiger partial charge >= 0.3 is 0 Å². The lowest BCUT2D eigenvalue weighted by Gasteiger charge is -2.18. The third-order valence-electron chi connectivity index (χ3n) is 4.79. The summed E-state index contributed by atoms with van der Waals surface area (Å²) >= 11 is 5.12. The molecule has 0 bridgehead atoms. The van der Waals surface area contributed by atoms with Gasteiger partial charge in [0.2, 0.25) is 0 Å². The second-order valence-corrected chi connectivity index (χ2v) is 7.80. The van der Waals surface area contributed by atoms with Crippen LogP contribution in [0.4, 0.5) is 17.1 Å². The molecule has 12 heteroatoms. The van der Waals surface area contributed by atoms with E-state index in [4.69, 9.17) is 12.2 Å². The predicted octanol–water partition coefficient (Wildman–Crippen LogP) is 3.90. The molecule has 0 unspecified atom stereocenters. The van der Waals surface area contributed by atoms with Crippen LogP contribution in [0.25, 0.3) is 0 Å². The zero-order valence-corrected chi connectivity index (χ0v) is 19.2. The van der Waals surface area contributed by atoms with Crippen LogP contribution < -0.4 is 10.6 Å². The van der Waals surface area contributed by atoms with Crippen LogP contribution in [-0.4, -0.2) is 38.7 Å². The number of nitrogens with one attached hydrogen (secondary N) is 2. The van der Waals surface area contributed by atoms with Gasteiger partial charge in [-0.1, -0.05) is 36.4 Å². The number of nitrogens with zero attached hydrogens (tertiary/aromatic N) is 3. The standard InChI is InChI=1S/C23H19N5O6S/c1-26(14-15-6-3-2-4-7-15)22(30)16-8-5-9-18(10-16)24-23(35)25-21(29)17-11-19(27(31)32)13-20(12-17)28(33)34/h2-13H,14H2,1H3,(H2,24,25,29,35). The SMILES string of the molecule is CN(Cc1ccccc1)C(=O)c1cccc(NC(=S)NC(=O)c2cc([N+](=O)[O-])cc([N+](=O)[O-])c2)c1. The largest absolute Gasteiger partial charge is 0.337 e. The molecule has 0 heterocycles. The van der Waals surface area contributed by atoms with Gasteiger partial charge in [-0.3, -0.25) is 35.1 Å². The first-order valence-corrected chi connectivity index (χ1v) is 10.5. The van der Waals surface area contributed by atoms with Crippen molar-refractivity contribution in [1.29, 1.82) is 0 Å². The zero-order chi connectivity index (χ0) is 25.5. The fraction of sp³-hybridized carbons (Fsp3) is 0.0870. The maximum atomic E-state index is 12.8. The molecule has 0 saturated heterocycles. The van der Waals surface area contributed by atoms with Crippen LogP contribution in [0.5, 0.6) is 0 Å². The predicted molar refractivity (Wildman–Crippen MR) is 132 cm³/mol. The molecule has 0 aliphatic carbocycles. The third-order valence-corrected chi connectivity index (χ3v) is 4.99. The van der Waals surface area contributed by atoms with Crippen LogP contribution in [0.3, 0.4) is 0 Å². The Balaban J connectivity index is 1.68. The molecule has 11 nitrogen and oxygen atoms in total. The Bertz CT molecular complexity index is 1280. The Kier molecular flexibility index (Phi) is 7.79. The summed E-state index contributed by atoms with van der Waals surface area (Å²) in [4.78, 5) is 47.3. The Morgan fingerprint density at radius 2 is 1.51 bits per heavy atom. The minimum atomic E-state index is -0.871. The van der Waals surface area contributed by atoms with Gasteiger partial charge in [-0.25, -0.2) is 0 Å². The monoisotopic (exact) mass is 493 g/mol. The molecule has 35 heavy (non-hydrogen) atoms. The number of anilines is 1. The smallest absolute Gasteiger partial charge is 0.277 e. The number of benzene rings is 3. The average Bonchev–Trinajstić information content (AvgIpc) is 2.83. The van der Waals surface area contributed by atoms with E-state index in [1.165, 1.54) is 0 Å². The van der Waals surface area contributed by atoms with E-state index in [0.29, 0.717) is 17.8 Å². The first kappa shape index (κ1) is 24.9. The van der Waals surface area contributed by atoms with Gasteiger partial charge in [0.05, 0.1) is 21.5 Å². The molecule has 0 atom stereocenters. The zero-order valence-electron chi connectivity index (χ0n) is 18.3. The quantitative estimate of drug-likeness (QED) is 0.286. The highest BCUT2D eigenvalue weighted by Crippen LogP contribution is 2.22. The summed E-state index contributed by atoms with van der Waals surface area (Å²) < 4.78 is 0. The lowest BCUT2D eigenvalue weighted by Crippen LogP contribution is -2.34. The molecule has 0 spiro atoms. The Labute approximate surface area is 204 Å². The Morgan fingerprint density at radius 3 is 2.11 bits per heavy atom. The van der Waals surface area contributed by atoms with Gasteiger partial charge in [-0.05, 0) is 36.0 Å². The topological polar surface area (TPSA) is 148 Å². The molecule has 2 N–H and O–H groups in total. The van der Waals surface area contributed by atoms with Crippen molar-refractivity contribution in [2.75, 3.05) is 12.4 Å². The van der Waals surface area contributed by atoms with Crippen LogP contribution in [0, 0.1) is 20.2 Å². The Hall–Kier alpha value is -4.71. The molecule has 178 valence electrons. The molecule has 3 aromatic rings. The molecule has 3 aromatic carbocycles. The highest BCUT2D eigenvalue weighted by atomic mass is 32.1. The van der Waals surface area contributed by atoms with Gasteiger partial charge in [0.1, 0.15) is 0 Å². The summed E-state index contributed by atoms with van der Waals surface area (Å²) in [5.74, 6) is -1.10. The van der Waals surface area contributed by atoms with Crippen molar-refractivity contribution in [3.8, 4) is 0 Å². The number of amides is 2. The summed E-state index contributed by atoms with van der Waals surface area (Å²) in [6.07, 6.45) is 0. The third kappa shape index (κ3) is 6.65. The number of thiocarbonyl (C=S) groups is 1. The number of carbonyl (C=O) groups excluding carboxylic acids is 2. The molecule has 0 fully saturated rings. The van der Waals surface area contributed by atoms with E-state index in [0.717, 1.165) is 23.8 Å². The van der Waals surface area contributed by atoms with Crippen LogP contribution in [-0.2, 0) is 6.54 Å². The molecular formula is C23H19N5O6S. The van der Waals surface area contributed by atoms with E-state index >= 15 is 0 Å². The van der Waals surface area contributed by atoms with Crippen LogP contribution in [0.15, 0.2) is 72.8 Å². The number of nitro benzene ring substituents is 2. The van der Waals surface area contributed by atoms with E-state index in [-0.39, 0.29) is 16.6 Å². The van der Waals surface area contributed by atoms with Crippen molar-refractivity contribution in [3.63, 3.8) is 0 Å². The highest BCUT2D eigenvalue weighted by Gasteiger charge is 2.20. The first-order chi connectivity index (χ1) is 16.6. The number of non-ortho nitro benzene ring substituents is 2. The van der Waals surface area contributed by atoms with Gasteiger partial charge in [0.15, 0.2) is 5.11 Å². The maximum Gasteiger partial charge on any atom is 0.277 e. The summed E-state index contributed by atoms with van der Waals surface area (Å²) in [5, 5.41) is 27.0. The second-order valence-electron chi connectivity index (χ2n) is 7.39. The molecule has 3 rings (SSSR count). The average molecular weight is 494 g/mol. The van der Waals surface area contributed by atoms with E-state index in [2.05, 4.69) is 10.6 Å². The van der Waals surface area contributed by atoms with E-state index in [1.54, 1.807) is 36.2 Å². The van der Waals surface area contributed by atoms with Crippen LogP contribution >= 0.6 is 12.2 Å². The van der Waals surface area contributed by atoms with Gasteiger partial charge < -0.3 is 10.2 Å². The van der Waals surface area contributed by atoms with Crippen molar-refractivity contribution >= 4 is 46.2 Å². The van der Waals surface area contributed by atoms with Crippen molar-refractivity contribution in [3.05, 3.63) is 110 Å². The molecule has 0 aliphatic rings. The summed E-state index contributed by atoms with van der Waals surface area (Å²) in [6, 6.07) is 18.5. The molecule has 0 aromatic heterocycles. The minimum Gasteiger partial charge on any atom is -0.337 e. The van der Waals surface area contributed by atoms with E-state index in [1.807, 2.05) is 30.3 Å². The maximum absolute atomic E-state index is 12.8. The summed E-state index contributed by atoms with van der Waals surface area (Å²) in [5.41, 5.74) is 0.267. The number of carbonyl (C=O) groups is 2. The van der Waals surface area contributed by atoms with Crippen LogP contribution in [0.1, 0.15) is 26.3 Å². The van der Waals surface area contributed by atoms with Gasteiger partial charge in [-0.15, -0.1) is 0 Å². The van der Waals surface area contributed by atoms with E-state index < -0.39 is 27.1 Å². The summed E-state index contributed by atoms with van der Waals surface area (Å²) in [7, 11) is 1.68. The minimum absolute atomic E-state index is 0.161. The normalized spacial score (nSPS) is 10.2. The fourth-order valence-electron chi connectivity index (χ4n) is 3.15. The fourth-order valence-corrected chi connectivity index (χ4v) is 3.36. The van der Waals surface area contributed by atoms with Crippen molar-refractivity contribution in [1.82, 2.24) is 10.2 Å². The number of rotatable bonds is 7. The second kappa shape index (κ2) is 10.9. The summed E-state index contributed by atoms with van der Waals surface area (Å²) in [6.45, 7) is 0.418. The molecule has 0 saturated carbocycles. The van der Waals surface area contributed by atoms with Gasteiger partial charge in [0.25, 0.3) is 23.2 Å².